The van der Waals surface area contributed by atoms with Crippen LogP contribution in [-0.4, -0.2) is 25.3 Å². The van der Waals surface area contributed by atoms with Gasteiger partial charge >= 0.3 is 5.97 Å². The molecule has 1 aliphatic heterocycles. The first kappa shape index (κ1) is 6.99. The van der Waals surface area contributed by atoms with Crippen molar-refractivity contribution in [1.29, 1.82) is 0 Å². The smallest absolute Gasteiger partial charge is 0.398 e. The molecule has 0 fully saturated rings. The minimum atomic E-state index is -0.279. The number of rotatable bonds is 1. The molecule has 3 nitrogen and oxygen atoms in total. The molecule has 0 aliphatic carbocycles. The highest BCUT2D eigenvalue weighted by molar-refractivity contribution is 6.34. The minimum absolute atomic E-state index is 0.279. The Labute approximate surface area is 59.4 Å². The van der Waals surface area contributed by atoms with Crippen molar-refractivity contribution in [1.82, 2.24) is 0 Å². The van der Waals surface area contributed by atoms with Crippen LogP contribution in [0.15, 0.2) is 12.2 Å². The normalized spacial score (nSPS) is 16.9. The van der Waals surface area contributed by atoms with Gasteiger partial charge < -0.3 is 4.74 Å². The average Bonchev–Trinajstić information content (AvgIpc) is 2.34. The molecule has 0 saturated carbocycles. The van der Waals surface area contributed by atoms with E-state index in [-0.39, 0.29) is 5.97 Å². The molecule has 1 heterocycles. The van der Waals surface area contributed by atoms with Crippen LogP contribution in [0, 0.1) is 0 Å². The Morgan fingerprint density at radius 1 is 1.80 bits per heavy atom. The van der Waals surface area contributed by atoms with Crippen molar-refractivity contribution >= 4 is 11.7 Å². The van der Waals surface area contributed by atoms with Gasteiger partial charge in [-0.3, -0.25) is 0 Å². The van der Waals surface area contributed by atoms with Gasteiger partial charge in [-0.05, 0) is 5.57 Å². The number of hydrogen-bond donors (Lipinski definition) is 1. The fourth-order valence-electron chi connectivity index (χ4n) is 0.874. The number of carbonyl (C=O) groups is 1. The lowest BCUT2D eigenvalue weighted by Gasteiger charge is -1.89. The molecule has 3 heteroatoms. The van der Waals surface area contributed by atoms with E-state index in [0.717, 1.165) is 5.57 Å². The number of nitrogens with one attached hydrogen (secondary N) is 1. The Morgan fingerprint density at radius 2 is 2.50 bits per heavy atom. The number of esters is 1. The van der Waals surface area contributed by atoms with Crippen molar-refractivity contribution in [3.05, 3.63) is 12.2 Å². The molecule has 1 N–H and O–H groups in total. The van der Waals surface area contributed by atoms with E-state index in [0.29, 0.717) is 18.7 Å². The van der Waals surface area contributed by atoms with E-state index in [9.17, 15) is 4.79 Å². The zero-order valence-electron chi connectivity index (χ0n) is 5.94. The van der Waals surface area contributed by atoms with Gasteiger partial charge in [0.25, 0.3) is 5.71 Å². The molecule has 1 rings (SSSR count). The van der Waals surface area contributed by atoms with Crippen molar-refractivity contribution in [2.75, 3.05) is 13.7 Å². The second kappa shape index (κ2) is 2.64. The van der Waals surface area contributed by atoms with E-state index >= 15 is 0 Å². The molecular weight excluding hydrogens is 130 g/mol. The van der Waals surface area contributed by atoms with Crippen LogP contribution in [-0.2, 0) is 9.53 Å². The van der Waals surface area contributed by atoms with E-state index in [1.807, 2.05) is 0 Å². The highest BCUT2D eigenvalue weighted by Crippen LogP contribution is 1.98. The number of methoxy groups -OCH3 is 1. The summed E-state index contributed by atoms with van der Waals surface area (Å²) < 4.78 is 4.50. The third-order valence-corrected chi connectivity index (χ3v) is 1.41. The first-order valence-corrected chi connectivity index (χ1v) is 3.08. The Hall–Kier alpha value is -1.12. The quantitative estimate of drug-likeness (QED) is 0.361. The molecule has 0 aromatic carbocycles. The summed E-state index contributed by atoms with van der Waals surface area (Å²) in [6, 6.07) is 0. The van der Waals surface area contributed by atoms with Crippen molar-refractivity contribution in [3.8, 4) is 0 Å². The third kappa shape index (κ3) is 1.23. The Morgan fingerprint density at radius 3 is 2.90 bits per heavy atom. The Bertz CT molecular complexity index is 206. The summed E-state index contributed by atoms with van der Waals surface area (Å²) in [5.41, 5.74) is 1.65. The molecule has 0 atom stereocenters. The lowest BCUT2D eigenvalue weighted by Crippen LogP contribution is -2.71. The van der Waals surface area contributed by atoms with E-state index < -0.39 is 0 Å². The van der Waals surface area contributed by atoms with Crippen molar-refractivity contribution in [2.24, 2.45) is 0 Å². The maximum atomic E-state index is 10.8. The van der Waals surface area contributed by atoms with Gasteiger partial charge in [0.15, 0.2) is 6.54 Å². The van der Waals surface area contributed by atoms with Gasteiger partial charge in [-0.2, -0.15) is 0 Å². The van der Waals surface area contributed by atoms with Crippen LogP contribution in [0.5, 0.6) is 0 Å². The maximum Gasteiger partial charge on any atom is 0.398 e. The average molecular weight is 140 g/mol. The molecule has 1 aliphatic rings. The van der Waals surface area contributed by atoms with Gasteiger partial charge in [-0.25, -0.2) is 9.79 Å². The molecule has 0 unspecified atom stereocenters. The molecule has 0 spiro atoms. The van der Waals surface area contributed by atoms with Crippen LogP contribution in [0.3, 0.4) is 0 Å². The predicted molar refractivity (Wildman–Crippen MR) is 36.6 cm³/mol. The van der Waals surface area contributed by atoms with Gasteiger partial charge in [0.05, 0.1) is 13.5 Å². The maximum absolute atomic E-state index is 10.8. The highest BCUT2D eigenvalue weighted by Gasteiger charge is 2.24. The summed E-state index contributed by atoms with van der Waals surface area (Å²) in [5, 5.41) is 0. The van der Waals surface area contributed by atoms with Crippen LogP contribution in [0.2, 0.25) is 0 Å². The highest BCUT2D eigenvalue weighted by atomic mass is 16.5. The van der Waals surface area contributed by atoms with Crippen molar-refractivity contribution < 1.29 is 14.5 Å². The fraction of sp³-hybridized carbons (Fsp3) is 0.429. The summed E-state index contributed by atoms with van der Waals surface area (Å²) in [4.78, 5) is 13.7. The number of ether oxygens (including phenoxy) is 1. The lowest BCUT2D eigenvalue weighted by molar-refractivity contribution is -0.439. The first-order chi connectivity index (χ1) is 4.74. The standard InChI is InChI=1S/C7H9NO2/c1-5-3-6(8-4-5)7(9)10-2/h1,3-4H2,2H3/p+1. The monoisotopic (exact) mass is 140 g/mol. The summed E-state index contributed by atoms with van der Waals surface area (Å²) in [6.07, 6.45) is 0.632. The van der Waals surface area contributed by atoms with Crippen LogP contribution in [0.4, 0.5) is 0 Å². The molecule has 10 heavy (non-hydrogen) atoms. The molecular formula is C7H10NO2+. The van der Waals surface area contributed by atoms with Crippen LogP contribution >= 0.6 is 0 Å². The second-order valence-corrected chi connectivity index (χ2v) is 2.25. The van der Waals surface area contributed by atoms with Gasteiger partial charge in [-0.1, -0.05) is 6.58 Å². The summed E-state index contributed by atoms with van der Waals surface area (Å²) in [6.45, 7) is 4.43. The summed E-state index contributed by atoms with van der Waals surface area (Å²) in [5.74, 6) is -0.279. The lowest BCUT2D eigenvalue weighted by atomic mass is 10.2. The predicted octanol–water partition coefficient (Wildman–Crippen LogP) is -1.36. The topological polar surface area (TPSA) is 40.3 Å². The number of hydrogen-bond acceptors (Lipinski definition) is 2. The Balaban J connectivity index is 2.59. The van der Waals surface area contributed by atoms with Crippen LogP contribution in [0.25, 0.3) is 0 Å². The zero-order valence-corrected chi connectivity index (χ0v) is 5.94. The molecule has 0 radical (unpaired) electrons. The van der Waals surface area contributed by atoms with E-state index in [2.05, 4.69) is 16.3 Å². The molecule has 0 aromatic heterocycles. The Kier molecular flexibility index (Phi) is 1.85. The van der Waals surface area contributed by atoms with Crippen LogP contribution < -0.4 is 4.99 Å². The van der Waals surface area contributed by atoms with E-state index in [1.54, 1.807) is 0 Å². The SMILES string of the molecule is C=C1C[NH+]=C(C(=O)OC)C1. The van der Waals surface area contributed by atoms with Gasteiger partial charge in [0, 0.05) is 0 Å². The molecule has 0 bridgehead atoms. The van der Waals surface area contributed by atoms with Crippen molar-refractivity contribution in [2.45, 2.75) is 6.42 Å². The van der Waals surface area contributed by atoms with Gasteiger partial charge in [0.1, 0.15) is 0 Å². The minimum Gasteiger partial charge on any atom is -0.461 e. The van der Waals surface area contributed by atoms with Crippen LogP contribution in [0.1, 0.15) is 6.42 Å². The molecule has 0 aromatic rings. The number of carbonyl (C=O) groups excluding carboxylic acids is 1. The first-order valence-electron chi connectivity index (χ1n) is 3.08. The zero-order chi connectivity index (χ0) is 7.56. The summed E-state index contributed by atoms with van der Waals surface area (Å²) in [7, 11) is 1.37. The van der Waals surface area contributed by atoms with Crippen molar-refractivity contribution in [3.63, 3.8) is 0 Å². The third-order valence-electron chi connectivity index (χ3n) is 1.41. The van der Waals surface area contributed by atoms with Gasteiger partial charge in [0.2, 0.25) is 0 Å². The van der Waals surface area contributed by atoms with E-state index in [4.69, 9.17) is 0 Å². The van der Waals surface area contributed by atoms with E-state index in [1.165, 1.54) is 7.11 Å². The molecule has 54 valence electrons. The molecule has 0 saturated heterocycles. The molecule has 0 amide bonds. The second-order valence-electron chi connectivity index (χ2n) is 2.25. The largest absolute Gasteiger partial charge is 0.461 e. The van der Waals surface area contributed by atoms with Gasteiger partial charge in [-0.15, -0.1) is 0 Å². The summed E-state index contributed by atoms with van der Waals surface area (Å²) >= 11 is 0. The fourth-order valence-corrected chi connectivity index (χ4v) is 0.874.